The van der Waals surface area contributed by atoms with Gasteiger partial charge in [0.05, 0.1) is 25.1 Å². The monoisotopic (exact) mass is 454 g/mol. The van der Waals surface area contributed by atoms with Crippen LogP contribution in [0.5, 0.6) is 0 Å². The van der Waals surface area contributed by atoms with Gasteiger partial charge in [-0.25, -0.2) is 4.39 Å². The zero-order chi connectivity index (χ0) is 22.1. The molecular formula is C22H28ClFN2O3S. The largest absolute Gasteiger partial charge is 0.383 e. The van der Waals surface area contributed by atoms with E-state index in [4.69, 9.17) is 16.3 Å². The Morgan fingerprint density at radius 3 is 2.40 bits per heavy atom. The first-order valence-corrected chi connectivity index (χ1v) is 11.1. The highest BCUT2D eigenvalue weighted by Crippen LogP contribution is 2.21. The SMILES string of the molecule is COCCN(CC(=O)N(Cc1ccc(F)cc1)Cc1cccs1)C(=O)C(C)(C)CCl. The first-order valence-electron chi connectivity index (χ1n) is 9.65. The highest BCUT2D eigenvalue weighted by molar-refractivity contribution is 7.09. The Labute approximate surface area is 186 Å². The molecule has 2 aromatic rings. The molecule has 8 heteroatoms. The molecule has 164 valence electrons. The molecule has 0 aliphatic heterocycles. The van der Waals surface area contributed by atoms with Gasteiger partial charge in [-0.3, -0.25) is 9.59 Å². The summed E-state index contributed by atoms with van der Waals surface area (Å²) in [5.74, 6) is -0.560. The van der Waals surface area contributed by atoms with Crippen molar-refractivity contribution in [3.8, 4) is 0 Å². The van der Waals surface area contributed by atoms with E-state index >= 15 is 0 Å². The number of methoxy groups -OCH3 is 1. The predicted molar refractivity (Wildman–Crippen MR) is 118 cm³/mol. The highest BCUT2D eigenvalue weighted by atomic mass is 35.5. The maximum Gasteiger partial charge on any atom is 0.242 e. The zero-order valence-corrected chi connectivity index (χ0v) is 19.1. The van der Waals surface area contributed by atoms with Gasteiger partial charge in [-0.15, -0.1) is 22.9 Å². The molecule has 0 N–H and O–H groups in total. The molecule has 1 heterocycles. The van der Waals surface area contributed by atoms with Gasteiger partial charge in [0.2, 0.25) is 11.8 Å². The van der Waals surface area contributed by atoms with Crippen LogP contribution in [0.4, 0.5) is 4.39 Å². The molecule has 0 saturated heterocycles. The van der Waals surface area contributed by atoms with Crippen LogP contribution in [0, 0.1) is 11.2 Å². The number of rotatable bonds is 11. The van der Waals surface area contributed by atoms with Crippen LogP contribution in [-0.2, 0) is 27.4 Å². The summed E-state index contributed by atoms with van der Waals surface area (Å²) in [5.41, 5.74) is 0.0302. The summed E-state index contributed by atoms with van der Waals surface area (Å²) in [6, 6.07) is 9.96. The summed E-state index contributed by atoms with van der Waals surface area (Å²) < 4.78 is 18.4. The van der Waals surface area contributed by atoms with Crippen LogP contribution in [0.3, 0.4) is 0 Å². The second-order valence-corrected chi connectivity index (χ2v) is 8.99. The Kier molecular flexibility index (Phi) is 9.27. The minimum absolute atomic E-state index is 0.0743. The molecule has 1 aromatic carbocycles. The number of halogens is 2. The molecule has 2 rings (SSSR count). The molecule has 0 radical (unpaired) electrons. The van der Waals surface area contributed by atoms with Crippen molar-refractivity contribution in [2.75, 3.05) is 32.7 Å². The number of benzene rings is 1. The quantitative estimate of drug-likeness (QED) is 0.479. The highest BCUT2D eigenvalue weighted by Gasteiger charge is 2.33. The molecule has 2 amide bonds. The van der Waals surface area contributed by atoms with Crippen molar-refractivity contribution >= 4 is 34.8 Å². The van der Waals surface area contributed by atoms with E-state index in [9.17, 15) is 14.0 Å². The predicted octanol–water partition coefficient (Wildman–Crippen LogP) is 4.16. The molecule has 5 nitrogen and oxygen atoms in total. The summed E-state index contributed by atoms with van der Waals surface area (Å²) in [4.78, 5) is 30.4. The van der Waals surface area contributed by atoms with Gasteiger partial charge < -0.3 is 14.5 Å². The van der Waals surface area contributed by atoms with Gasteiger partial charge in [-0.1, -0.05) is 18.2 Å². The van der Waals surface area contributed by atoms with Crippen LogP contribution >= 0.6 is 22.9 Å². The molecule has 0 fully saturated rings. The van der Waals surface area contributed by atoms with E-state index in [1.165, 1.54) is 17.0 Å². The minimum Gasteiger partial charge on any atom is -0.383 e. The van der Waals surface area contributed by atoms with E-state index in [1.807, 2.05) is 17.5 Å². The lowest BCUT2D eigenvalue weighted by atomic mass is 9.94. The Morgan fingerprint density at radius 1 is 1.13 bits per heavy atom. The molecule has 0 saturated carbocycles. The van der Waals surface area contributed by atoms with E-state index in [0.29, 0.717) is 26.2 Å². The first kappa shape index (κ1) is 24.3. The van der Waals surface area contributed by atoms with Crippen molar-refractivity contribution in [3.63, 3.8) is 0 Å². The summed E-state index contributed by atoms with van der Waals surface area (Å²) in [5, 5.41) is 1.95. The van der Waals surface area contributed by atoms with Gasteiger partial charge >= 0.3 is 0 Å². The lowest BCUT2D eigenvalue weighted by Gasteiger charge is -2.32. The van der Waals surface area contributed by atoms with Crippen LogP contribution in [0.25, 0.3) is 0 Å². The van der Waals surface area contributed by atoms with E-state index in [-0.39, 0.29) is 30.1 Å². The van der Waals surface area contributed by atoms with Gasteiger partial charge in [0, 0.05) is 31.0 Å². The maximum absolute atomic E-state index is 13.3. The standard InChI is InChI=1S/C22H28ClFN2O3S/c1-22(2,16-23)21(28)25(10-11-29-3)15-20(27)26(14-19-5-4-12-30-19)13-17-6-8-18(24)9-7-17/h4-9,12H,10-11,13-16H2,1-3H3. The number of carbonyl (C=O) groups excluding carboxylic acids is 2. The lowest BCUT2D eigenvalue weighted by molar-refractivity contribution is -0.146. The van der Waals surface area contributed by atoms with Crippen molar-refractivity contribution in [1.29, 1.82) is 0 Å². The second kappa shape index (κ2) is 11.4. The van der Waals surface area contributed by atoms with Crippen molar-refractivity contribution in [2.45, 2.75) is 26.9 Å². The van der Waals surface area contributed by atoms with Gasteiger partial charge in [-0.05, 0) is 43.0 Å². The van der Waals surface area contributed by atoms with Crippen molar-refractivity contribution in [2.24, 2.45) is 5.41 Å². The third-order valence-electron chi connectivity index (χ3n) is 4.66. The third kappa shape index (κ3) is 7.07. The third-order valence-corrected chi connectivity index (χ3v) is 6.19. The fraction of sp³-hybridized carbons (Fsp3) is 0.455. The van der Waals surface area contributed by atoms with Crippen molar-refractivity contribution in [3.05, 3.63) is 58.0 Å². The lowest BCUT2D eigenvalue weighted by Crippen LogP contribution is -2.48. The molecule has 0 bridgehead atoms. The molecule has 0 unspecified atom stereocenters. The summed E-state index contributed by atoms with van der Waals surface area (Å²) in [7, 11) is 1.55. The topological polar surface area (TPSA) is 49.9 Å². The number of nitrogens with zero attached hydrogens (tertiary/aromatic N) is 2. The molecule has 1 aromatic heterocycles. The molecule has 0 atom stereocenters. The van der Waals surface area contributed by atoms with Gasteiger partial charge in [0.25, 0.3) is 0 Å². The van der Waals surface area contributed by atoms with Crippen LogP contribution in [0.1, 0.15) is 24.3 Å². The van der Waals surface area contributed by atoms with E-state index in [0.717, 1.165) is 10.4 Å². The van der Waals surface area contributed by atoms with Crippen LogP contribution in [0.2, 0.25) is 0 Å². The van der Waals surface area contributed by atoms with Crippen LogP contribution < -0.4 is 0 Å². The van der Waals surface area contributed by atoms with Crippen molar-refractivity contribution < 1.29 is 18.7 Å². The second-order valence-electron chi connectivity index (χ2n) is 7.69. The number of thiophene rings is 1. The average Bonchev–Trinajstić information content (AvgIpc) is 3.24. The van der Waals surface area contributed by atoms with E-state index < -0.39 is 5.41 Å². The van der Waals surface area contributed by atoms with Gasteiger partial charge in [0.1, 0.15) is 5.82 Å². The Balaban J connectivity index is 2.20. The normalized spacial score (nSPS) is 11.4. The fourth-order valence-electron chi connectivity index (χ4n) is 2.84. The first-order chi connectivity index (χ1) is 14.3. The Hall–Kier alpha value is -1.96. The fourth-order valence-corrected chi connectivity index (χ4v) is 3.67. The van der Waals surface area contributed by atoms with Crippen LogP contribution in [0.15, 0.2) is 41.8 Å². The number of carbonyl (C=O) groups is 2. The number of ether oxygens (including phenoxy) is 1. The number of amides is 2. The Bertz CT molecular complexity index is 812. The van der Waals surface area contributed by atoms with Crippen molar-refractivity contribution in [1.82, 2.24) is 9.80 Å². The number of hydrogen-bond acceptors (Lipinski definition) is 4. The van der Waals surface area contributed by atoms with E-state index in [1.54, 1.807) is 49.3 Å². The van der Waals surface area contributed by atoms with Gasteiger partial charge in [-0.2, -0.15) is 0 Å². The molecule has 30 heavy (non-hydrogen) atoms. The maximum atomic E-state index is 13.3. The number of hydrogen-bond donors (Lipinski definition) is 0. The summed E-state index contributed by atoms with van der Waals surface area (Å²) >= 11 is 7.53. The molecular weight excluding hydrogens is 427 g/mol. The Morgan fingerprint density at radius 2 is 1.83 bits per heavy atom. The molecule has 0 aliphatic carbocycles. The minimum atomic E-state index is -0.787. The molecule has 0 spiro atoms. The summed E-state index contributed by atoms with van der Waals surface area (Å²) in [6.45, 7) is 4.80. The van der Waals surface area contributed by atoms with Crippen LogP contribution in [-0.4, -0.2) is 54.3 Å². The number of alkyl halides is 1. The molecule has 0 aliphatic rings. The smallest absolute Gasteiger partial charge is 0.242 e. The zero-order valence-electron chi connectivity index (χ0n) is 17.6. The van der Waals surface area contributed by atoms with E-state index in [2.05, 4.69) is 0 Å². The van der Waals surface area contributed by atoms with Gasteiger partial charge in [0.15, 0.2) is 0 Å². The summed E-state index contributed by atoms with van der Waals surface area (Å²) in [6.07, 6.45) is 0. The average molecular weight is 455 g/mol.